The molecule has 2 N–H and O–H groups in total. The summed E-state index contributed by atoms with van der Waals surface area (Å²) in [6.45, 7) is 1.39. The van der Waals surface area contributed by atoms with Gasteiger partial charge in [0.1, 0.15) is 5.75 Å². The van der Waals surface area contributed by atoms with Gasteiger partial charge in [0.25, 0.3) is 0 Å². The first-order valence-electron chi connectivity index (χ1n) is 8.44. The number of nitrogens with one attached hydrogen (secondary N) is 1. The summed E-state index contributed by atoms with van der Waals surface area (Å²) in [5.74, 6) is 0.842. The molecule has 0 unspecified atom stereocenters. The predicted molar refractivity (Wildman–Crippen MR) is 105 cm³/mol. The first-order valence-corrected chi connectivity index (χ1v) is 8.82. The predicted octanol–water partition coefficient (Wildman–Crippen LogP) is 4.45. The molecule has 134 valence electrons. The van der Waals surface area contributed by atoms with E-state index in [9.17, 15) is 5.11 Å². The Morgan fingerprint density at radius 3 is 2.65 bits per heavy atom. The summed E-state index contributed by atoms with van der Waals surface area (Å²) in [5.41, 5.74) is 3.81. The highest BCUT2D eigenvalue weighted by Gasteiger charge is 2.07. The quantitative estimate of drug-likeness (QED) is 0.605. The third-order valence-electron chi connectivity index (χ3n) is 4.13. The minimum atomic E-state index is 0.274. The fourth-order valence-electron chi connectivity index (χ4n) is 2.68. The Morgan fingerprint density at radius 1 is 1.08 bits per heavy atom. The molecular formula is C21H21ClN2O2. The third kappa shape index (κ3) is 4.75. The minimum absolute atomic E-state index is 0.274. The molecule has 4 nitrogen and oxygen atoms in total. The monoisotopic (exact) mass is 368 g/mol. The van der Waals surface area contributed by atoms with Gasteiger partial charge in [0.2, 0.25) is 5.88 Å². The van der Waals surface area contributed by atoms with Crippen LogP contribution in [0.5, 0.6) is 11.6 Å². The number of methoxy groups -OCH3 is 1. The lowest BCUT2D eigenvalue weighted by Crippen LogP contribution is -2.16. The average molecular weight is 369 g/mol. The van der Waals surface area contributed by atoms with Gasteiger partial charge >= 0.3 is 0 Å². The molecule has 0 spiro atoms. The molecule has 26 heavy (non-hydrogen) atoms. The summed E-state index contributed by atoms with van der Waals surface area (Å²) in [5, 5.41) is 14.2. The maximum absolute atomic E-state index is 10.1. The van der Waals surface area contributed by atoms with Crippen LogP contribution in [-0.4, -0.2) is 23.7 Å². The van der Waals surface area contributed by atoms with E-state index in [0.29, 0.717) is 12.4 Å². The van der Waals surface area contributed by atoms with Crippen molar-refractivity contribution in [1.29, 1.82) is 0 Å². The van der Waals surface area contributed by atoms with Gasteiger partial charge in [-0.3, -0.25) is 0 Å². The normalized spacial score (nSPS) is 10.7. The van der Waals surface area contributed by atoms with E-state index in [2.05, 4.69) is 10.3 Å². The number of benzene rings is 2. The molecule has 0 fully saturated rings. The molecule has 1 heterocycles. The number of ether oxygens (including phenoxy) is 1. The van der Waals surface area contributed by atoms with Crippen LogP contribution in [0.2, 0.25) is 5.02 Å². The molecule has 0 amide bonds. The van der Waals surface area contributed by atoms with Crippen molar-refractivity contribution in [1.82, 2.24) is 10.3 Å². The van der Waals surface area contributed by atoms with Crippen molar-refractivity contribution in [2.45, 2.75) is 13.0 Å². The molecule has 0 atom stereocenters. The van der Waals surface area contributed by atoms with Crippen LogP contribution in [0, 0.1) is 0 Å². The molecule has 5 heteroatoms. The van der Waals surface area contributed by atoms with Crippen molar-refractivity contribution in [2.24, 2.45) is 0 Å². The number of halogens is 1. The SMILES string of the molecule is COc1cccc(-c2ccc(O)c(CNCCc3ccc(Cl)cc3)c2)n1. The fourth-order valence-corrected chi connectivity index (χ4v) is 2.81. The molecule has 0 aliphatic rings. The van der Waals surface area contributed by atoms with Crippen LogP contribution in [0.4, 0.5) is 0 Å². The minimum Gasteiger partial charge on any atom is -0.508 e. The van der Waals surface area contributed by atoms with E-state index in [0.717, 1.165) is 34.8 Å². The molecule has 2 aromatic carbocycles. The number of hydrogen-bond donors (Lipinski definition) is 2. The lowest BCUT2D eigenvalue weighted by Gasteiger charge is -2.10. The summed E-state index contributed by atoms with van der Waals surface area (Å²) >= 11 is 5.90. The van der Waals surface area contributed by atoms with Crippen molar-refractivity contribution in [3.8, 4) is 22.9 Å². The Morgan fingerprint density at radius 2 is 1.88 bits per heavy atom. The molecule has 3 rings (SSSR count). The van der Waals surface area contributed by atoms with E-state index < -0.39 is 0 Å². The van der Waals surface area contributed by atoms with Crippen molar-refractivity contribution in [3.63, 3.8) is 0 Å². The van der Waals surface area contributed by atoms with Gasteiger partial charge in [-0.2, -0.15) is 0 Å². The topological polar surface area (TPSA) is 54.4 Å². The van der Waals surface area contributed by atoms with E-state index in [4.69, 9.17) is 16.3 Å². The van der Waals surface area contributed by atoms with Gasteiger partial charge < -0.3 is 15.2 Å². The van der Waals surface area contributed by atoms with Gasteiger partial charge in [0.05, 0.1) is 12.8 Å². The molecule has 0 saturated carbocycles. The highest BCUT2D eigenvalue weighted by atomic mass is 35.5. The zero-order valence-corrected chi connectivity index (χ0v) is 15.3. The first kappa shape index (κ1) is 18.2. The number of hydrogen-bond acceptors (Lipinski definition) is 4. The second kappa shape index (κ2) is 8.70. The standard InChI is InChI=1S/C21H21ClN2O2/c1-26-21-4-2-3-19(24-21)16-7-10-20(25)17(13-16)14-23-12-11-15-5-8-18(22)9-6-15/h2-10,13,23,25H,11-12,14H2,1H3. The van der Waals surface area contributed by atoms with Gasteiger partial charge in [0.15, 0.2) is 0 Å². The summed E-state index contributed by atoms with van der Waals surface area (Å²) in [4.78, 5) is 4.44. The van der Waals surface area contributed by atoms with Gasteiger partial charge in [-0.05, 0) is 54.9 Å². The Balaban J connectivity index is 1.63. The zero-order valence-electron chi connectivity index (χ0n) is 14.6. The van der Waals surface area contributed by atoms with Crippen molar-refractivity contribution >= 4 is 11.6 Å². The number of phenols is 1. The van der Waals surface area contributed by atoms with Gasteiger partial charge in [0, 0.05) is 28.8 Å². The maximum atomic E-state index is 10.1. The smallest absolute Gasteiger partial charge is 0.213 e. The molecule has 0 aliphatic heterocycles. The molecule has 0 aliphatic carbocycles. The fraction of sp³-hybridized carbons (Fsp3) is 0.190. The molecule has 3 aromatic rings. The average Bonchev–Trinajstić information content (AvgIpc) is 2.68. The second-order valence-corrected chi connectivity index (χ2v) is 6.40. The molecular weight excluding hydrogens is 348 g/mol. The molecule has 0 radical (unpaired) electrons. The van der Waals surface area contributed by atoms with Gasteiger partial charge in [-0.15, -0.1) is 0 Å². The summed E-state index contributed by atoms with van der Waals surface area (Å²) in [7, 11) is 1.60. The van der Waals surface area contributed by atoms with Crippen molar-refractivity contribution < 1.29 is 9.84 Å². The van der Waals surface area contributed by atoms with Crippen LogP contribution < -0.4 is 10.1 Å². The van der Waals surface area contributed by atoms with Crippen LogP contribution in [0.3, 0.4) is 0 Å². The van der Waals surface area contributed by atoms with E-state index in [1.807, 2.05) is 54.6 Å². The molecule has 0 saturated heterocycles. The summed E-state index contributed by atoms with van der Waals surface area (Å²) < 4.78 is 5.18. The highest BCUT2D eigenvalue weighted by molar-refractivity contribution is 6.30. The zero-order chi connectivity index (χ0) is 18.4. The van der Waals surface area contributed by atoms with E-state index >= 15 is 0 Å². The van der Waals surface area contributed by atoms with Crippen molar-refractivity contribution in [2.75, 3.05) is 13.7 Å². The Bertz CT molecular complexity index is 866. The number of rotatable bonds is 7. The van der Waals surface area contributed by atoms with Crippen molar-refractivity contribution in [3.05, 3.63) is 76.8 Å². The third-order valence-corrected chi connectivity index (χ3v) is 4.38. The Labute approximate surface area is 158 Å². The summed E-state index contributed by atoms with van der Waals surface area (Å²) in [6.07, 6.45) is 0.898. The molecule has 1 aromatic heterocycles. The summed E-state index contributed by atoms with van der Waals surface area (Å²) in [6, 6.07) is 19.0. The first-order chi connectivity index (χ1) is 12.7. The van der Waals surface area contributed by atoms with Crippen LogP contribution in [0.15, 0.2) is 60.7 Å². The lowest BCUT2D eigenvalue weighted by molar-refractivity contribution is 0.398. The van der Waals surface area contributed by atoms with Crippen LogP contribution in [0.1, 0.15) is 11.1 Å². The van der Waals surface area contributed by atoms with E-state index in [-0.39, 0.29) is 5.75 Å². The maximum Gasteiger partial charge on any atom is 0.213 e. The van der Waals surface area contributed by atoms with Crippen LogP contribution in [-0.2, 0) is 13.0 Å². The van der Waals surface area contributed by atoms with E-state index in [1.54, 1.807) is 13.2 Å². The Hall–Kier alpha value is -2.56. The van der Waals surface area contributed by atoms with E-state index in [1.165, 1.54) is 5.56 Å². The molecule has 0 bridgehead atoms. The van der Waals surface area contributed by atoms with Crippen LogP contribution >= 0.6 is 11.6 Å². The largest absolute Gasteiger partial charge is 0.508 e. The number of nitrogens with zero attached hydrogens (tertiary/aromatic N) is 1. The van der Waals surface area contributed by atoms with Gasteiger partial charge in [-0.25, -0.2) is 4.98 Å². The second-order valence-electron chi connectivity index (χ2n) is 5.96. The van der Waals surface area contributed by atoms with Crippen LogP contribution in [0.25, 0.3) is 11.3 Å². The number of aromatic nitrogens is 1. The number of pyridine rings is 1. The van der Waals surface area contributed by atoms with Gasteiger partial charge in [-0.1, -0.05) is 29.8 Å². The lowest BCUT2D eigenvalue weighted by atomic mass is 10.1. The highest BCUT2D eigenvalue weighted by Crippen LogP contribution is 2.26. The number of aromatic hydroxyl groups is 1. The Kier molecular flexibility index (Phi) is 6.10. The number of phenolic OH excluding ortho intramolecular Hbond substituents is 1.